The average molecular weight is 235 g/mol. The van der Waals surface area contributed by atoms with E-state index in [1.54, 1.807) is 7.11 Å². The maximum absolute atomic E-state index is 5.69. The van der Waals surface area contributed by atoms with Crippen LogP contribution in [0.15, 0.2) is 18.2 Å². The van der Waals surface area contributed by atoms with Crippen molar-refractivity contribution in [2.24, 2.45) is 5.73 Å². The first-order chi connectivity index (χ1) is 8.26. The minimum atomic E-state index is 0.681. The monoisotopic (exact) mass is 235 g/mol. The van der Waals surface area contributed by atoms with Crippen LogP contribution in [0.1, 0.15) is 6.42 Å². The van der Waals surface area contributed by atoms with Crippen LogP contribution in [0.5, 0.6) is 5.75 Å². The number of nitrogens with two attached hydrogens (primary N) is 1. The summed E-state index contributed by atoms with van der Waals surface area (Å²) >= 11 is 0. The van der Waals surface area contributed by atoms with Gasteiger partial charge in [-0.2, -0.15) is 0 Å². The molecule has 1 heterocycles. The van der Waals surface area contributed by atoms with Gasteiger partial charge < -0.3 is 20.3 Å². The van der Waals surface area contributed by atoms with Crippen LogP contribution in [0.3, 0.4) is 0 Å². The molecule has 0 saturated carbocycles. The number of fused-ring (bicyclic) bond motifs is 1. The smallest absolute Gasteiger partial charge is 0.121 e. The fraction of sp³-hybridized carbons (Fsp3) is 0.538. The van der Waals surface area contributed by atoms with Crippen LogP contribution in [0.4, 0.5) is 11.4 Å². The van der Waals surface area contributed by atoms with Crippen molar-refractivity contribution in [2.75, 3.05) is 50.1 Å². The number of rotatable bonds is 3. The quantitative estimate of drug-likeness (QED) is 0.857. The third-order valence-electron chi connectivity index (χ3n) is 3.26. The summed E-state index contributed by atoms with van der Waals surface area (Å²) in [6.07, 6.45) is 1.16. The second-order valence-electron chi connectivity index (χ2n) is 4.41. The van der Waals surface area contributed by atoms with Crippen LogP contribution < -0.4 is 20.3 Å². The molecule has 94 valence electrons. The fourth-order valence-corrected chi connectivity index (χ4v) is 2.33. The molecule has 1 aromatic rings. The van der Waals surface area contributed by atoms with E-state index in [9.17, 15) is 0 Å². The number of hydrogen-bond donors (Lipinski definition) is 1. The summed E-state index contributed by atoms with van der Waals surface area (Å²) in [6, 6.07) is 6.25. The van der Waals surface area contributed by atoms with Crippen molar-refractivity contribution in [3.63, 3.8) is 0 Å². The highest BCUT2D eigenvalue weighted by atomic mass is 16.5. The number of anilines is 2. The van der Waals surface area contributed by atoms with Gasteiger partial charge in [0, 0.05) is 39.3 Å². The third-order valence-corrected chi connectivity index (χ3v) is 3.26. The van der Waals surface area contributed by atoms with Crippen LogP contribution in [-0.2, 0) is 0 Å². The van der Waals surface area contributed by atoms with Crippen LogP contribution >= 0.6 is 0 Å². The van der Waals surface area contributed by atoms with Crippen molar-refractivity contribution in [1.82, 2.24) is 0 Å². The first kappa shape index (κ1) is 12.0. The Morgan fingerprint density at radius 2 is 2.12 bits per heavy atom. The third kappa shape index (κ3) is 2.47. The van der Waals surface area contributed by atoms with E-state index in [2.05, 4.69) is 29.0 Å². The van der Waals surface area contributed by atoms with Gasteiger partial charge in [0.15, 0.2) is 0 Å². The highest BCUT2D eigenvalue weighted by Crippen LogP contribution is 2.34. The summed E-state index contributed by atoms with van der Waals surface area (Å²) in [6.45, 7) is 3.72. The van der Waals surface area contributed by atoms with Gasteiger partial charge in [-0.15, -0.1) is 0 Å². The number of hydrogen-bond acceptors (Lipinski definition) is 4. The molecule has 0 radical (unpaired) electrons. The molecular weight excluding hydrogens is 214 g/mol. The first-order valence-corrected chi connectivity index (χ1v) is 6.10. The Kier molecular flexibility index (Phi) is 3.74. The van der Waals surface area contributed by atoms with E-state index in [4.69, 9.17) is 10.5 Å². The Balaban J connectivity index is 2.39. The Bertz CT molecular complexity index is 381. The maximum atomic E-state index is 5.69. The molecule has 4 nitrogen and oxygen atoms in total. The predicted octanol–water partition coefficient (Wildman–Crippen LogP) is 1.30. The number of methoxy groups -OCH3 is 1. The molecule has 17 heavy (non-hydrogen) atoms. The Hall–Kier alpha value is -1.42. The summed E-state index contributed by atoms with van der Waals surface area (Å²) in [5.74, 6) is 0.904. The molecule has 2 rings (SSSR count). The molecule has 2 N–H and O–H groups in total. The number of nitrogens with zero attached hydrogens (tertiary/aromatic N) is 2. The molecule has 0 spiro atoms. The van der Waals surface area contributed by atoms with Gasteiger partial charge in [-0.1, -0.05) is 0 Å². The summed E-state index contributed by atoms with van der Waals surface area (Å²) in [5, 5.41) is 0. The van der Waals surface area contributed by atoms with Crippen LogP contribution in [0.25, 0.3) is 0 Å². The van der Waals surface area contributed by atoms with E-state index in [0.717, 1.165) is 31.8 Å². The normalized spacial score (nSPS) is 15.5. The average Bonchev–Trinajstić information content (AvgIpc) is 2.50. The van der Waals surface area contributed by atoms with Crippen LogP contribution in [-0.4, -0.2) is 40.3 Å². The van der Waals surface area contributed by atoms with Crippen LogP contribution in [0, 0.1) is 0 Å². The largest absolute Gasteiger partial charge is 0.497 e. The maximum Gasteiger partial charge on any atom is 0.121 e. The summed E-state index contributed by atoms with van der Waals surface area (Å²) in [4.78, 5) is 4.65. The Labute approximate surface area is 103 Å². The van der Waals surface area contributed by atoms with Crippen molar-refractivity contribution < 1.29 is 4.74 Å². The van der Waals surface area contributed by atoms with Gasteiger partial charge in [0.25, 0.3) is 0 Å². The molecule has 4 heteroatoms. The molecule has 0 saturated heterocycles. The Morgan fingerprint density at radius 3 is 2.82 bits per heavy atom. The zero-order valence-corrected chi connectivity index (χ0v) is 10.6. The molecule has 0 aliphatic carbocycles. The van der Waals surface area contributed by atoms with Crippen molar-refractivity contribution in [1.29, 1.82) is 0 Å². The van der Waals surface area contributed by atoms with E-state index in [1.165, 1.54) is 11.4 Å². The first-order valence-electron chi connectivity index (χ1n) is 6.10. The van der Waals surface area contributed by atoms with Gasteiger partial charge in [-0.3, -0.25) is 0 Å². The minimum Gasteiger partial charge on any atom is -0.497 e. The SMILES string of the molecule is COc1ccc2c(c1)N(CCN)CCCN2C. The van der Waals surface area contributed by atoms with E-state index in [1.807, 2.05) is 6.07 Å². The topological polar surface area (TPSA) is 41.7 Å². The summed E-state index contributed by atoms with van der Waals surface area (Å²) in [5.41, 5.74) is 8.18. The van der Waals surface area contributed by atoms with Gasteiger partial charge in [0.1, 0.15) is 5.75 Å². The molecule has 1 aromatic carbocycles. The minimum absolute atomic E-state index is 0.681. The van der Waals surface area contributed by atoms with Crippen molar-refractivity contribution in [3.05, 3.63) is 18.2 Å². The predicted molar refractivity (Wildman–Crippen MR) is 72.1 cm³/mol. The standard InChI is InChI=1S/C13H21N3O/c1-15-7-3-8-16(9-6-14)13-10-11(17-2)4-5-12(13)15/h4-5,10H,3,6-9,14H2,1-2H3. The fourth-order valence-electron chi connectivity index (χ4n) is 2.33. The van der Waals surface area contributed by atoms with E-state index in [0.29, 0.717) is 6.54 Å². The van der Waals surface area contributed by atoms with Gasteiger partial charge in [-0.25, -0.2) is 0 Å². The highest BCUT2D eigenvalue weighted by Gasteiger charge is 2.18. The Morgan fingerprint density at radius 1 is 1.29 bits per heavy atom. The van der Waals surface area contributed by atoms with Crippen molar-refractivity contribution >= 4 is 11.4 Å². The second kappa shape index (κ2) is 5.27. The number of benzene rings is 1. The lowest BCUT2D eigenvalue weighted by molar-refractivity contribution is 0.415. The zero-order valence-electron chi connectivity index (χ0n) is 10.6. The van der Waals surface area contributed by atoms with E-state index < -0.39 is 0 Å². The lowest BCUT2D eigenvalue weighted by atomic mass is 10.2. The van der Waals surface area contributed by atoms with E-state index >= 15 is 0 Å². The molecule has 0 fully saturated rings. The molecule has 0 bridgehead atoms. The molecule has 1 aliphatic heterocycles. The van der Waals surface area contributed by atoms with E-state index in [-0.39, 0.29) is 0 Å². The lowest BCUT2D eigenvalue weighted by Crippen LogP contribution is -2.29. The number of ether oxygens (including phenoxy) is 1. The van der Waals surface area contributed by atoms with Crippen LogP contribution in [0.2, 0.25) is 0 Å². The molecule has 0 amide bonds. The molecule has 0 aromatic heterocycles. The highest BCUT2D eigenvalue weighted by molar-refractivity contribution is 5.73. The van der Waals surface area contributed by atoms with Crippen molar-refractivity contribution in [3.8, 4) is 5.75 Å². The van der Waals surface area contributed by atoms with Crippen molar-refractivity contribution in [2.45, 2.75) is 6.42 Å². The summed E-state index contributed by atoms with van der Waals surface area (Å²) in [7, 11) is 3.84. The molecular formula is C13H21N3O. The lowest BCUT2D eigenvalue weighted by Gasteiger charge is -2.25. The molecule has 1 aliphatic rings. The summed E-state index contributed by atoms with van der Waals surface area (Å²) < 4.78 is 5.31. The zero-order chi connectivity index (χ0) is 12.3. The molecule has 0 unspecified atom stereocenters. The molecule has 0 atom stereocenters. The van der Waals surface area contributed by atoms with Gasteiger partial charge >= 0.3 is 0 Å². The van der Waals surface area contributed by atoms with Gasteiger partial charge in [0.2, 0.25) is 0 Å². The second-order valence-corrected chi connectivity index (χ2v) is 4.41. The van der Waals surface area contributed by atoms with Gasteiger partial charge in [0.05, 0.1) is 18.5 Å². The van der Waals surface area contributed by atoms with Gasteiger partial charge in [-0.05, 0) is 18.6 Å².